The Bertz CT molecular complexity index is 345. The van der Waals surface area contributed by atoms with Crippen LogP contribution in [0.1, 0.15) is 10.6 Å². The third kappa shape index (κ3) is 2.83. The topological polar surface area (TPSA) is 31.2 Å². The van der Waals surface area contributed by atoms with Crippen molar-refractivity contribution in [1.82, 2.24) is 4.57 Å². The van der Waals surface area contributed by atoms with Crippen molar-refractivity contribution in [3.8, 4) is 0 Å². The third-order valence-electron chi connectivity index (χ3n) is 2.06. The molecule has 0 aromatic carbocycles. The maximum atomic E-state index is 11.4. The maximum absolute atomic E-state index is 11.4. The highest BCUT2D eigenvalue weighted by molar-refractivity contribution is 7.09. The molecule has 0 saturated carbocycles. The van der Waals surface area contributed by atoms with Gasteiger partial charge in [0.25, 0.3) is 0 Å². The van der Waals surface area contributed by atoms with Gasteiger partial charge in [0.1, 0.15) is 0 Å². The van der Waals surface area contributed by atoms with E-state index < -0.39 is 0 Å². The average Bonchev–Trinajstić information content (AvgIpc) is 2.38. The van der Waals surface area contributed by atoms with E-state index in [0.29, 0.717) is 25.6 Å². The van der Waals surface area contributed by atoms with Crippen LogP contribution in [0.15, 0.2) is 4.79 Å². The normalized spacial score (nSPS) is 10.8. The van der Waals surface area contributed by atoms with E-state index in [9.17, 15) is 4.79 Å². The molecule has 0 amide bonds. The van der Waals surface area contributed by atoms with Crippen LogP contribution in [0, 0.1) is 13.8 Å². The molecule has 0 saturated heterocycles. The largest absolute Gasteiger partial charge is 0.378 e. The first-order valence-corrected chi connectivity index (χ1v) is 5.82. The lowest BCUT2D eigenvalue weighted by Crippen LogP contribution is -2.18. The van der Waals surface area contributed by atoms with Gasteiger partial charge in [0, 0.05) is 16.5 Å². The van der Waals surface area contributed by atoms with E-state index in [1.54, 1.807) is 4.57 Å². The summed E-state index contributed by atoms with van der Waals surface area (Å²) < 4.78 is 6.96. The third-order valence-corrected chi connectivity index (χ3v) is 3.21. The van der Waals surface area contributed by atoms with Crippen molar-refractivity contribution < 1.29 is 4.74 Å². The van der Waals surface area contributed by atoms with Gasteiger partial charge in [-0.15, -0.1) is 11.6 Å². The lowest BCUT2D eigenvalue weighted by Gasteiger charge is -2.04. The minimum atomic E-state index is 0.0921. The van der Waals surface area contributed by atoms with Gasteiger partial charge in [-0.3, -0.25) is 4.79 Å². The van der Waals surface area contributed by atoms with E-state index in [-0.39, 0.29) is 4.87 Å². The molecule has 5 heteroatoms. The molecular formula is C9H14ClNO2S. The molecule has 0 atom stereocenters. The van der Waals surface area contributed by atoms with Crippen LogP contribution < -0.4 is 4.87 Å². The van der Waals surface area contributed by atoms with Crippen LogP contribution in [-0.4, -0.2) is 23.7 Å². The van der Waals surface area contributed by atoms with Gasteiger partial charge in [-0.2, -0.15) is 0 Å². The fourth-order valence-corrected chi connectivity index (χ4v) is 2.13. The maximum Gasteiger partial charge on any atom is 0.307 e. The van der Waals surface area contributed by atoms with Gasteiger partial charge in [0.15, 0.2) is 0 Å². The second kappa shape index (κ2) is 5.53. The molecule has 3 nitrogen and oxygen atoms in total. The van der Waals surface area contributed by atoms with E-state index in [1.807, 2.05) is 13.8 Å². The summed E-state index contributed by atoms with van der Waals surface area (Å²) in [4.78, 5) is 12.6. The van der Waals surface area contributed by atoms with Gasteiger partial charge in [0.05, 0.1) is 19.8 Å². The Morgan fingerprint density at radius 1 is 1.43 bits per heavy atom. The van der Waals surface area contributed by atoms with Crippen LogP contribution in [0.25, 0.3) is 0 Å². The summed E-state index contributed by atoms with van der Waals surface area (Å²) in [6.45, 7) is 5.61. The molecule has 0 aliphatic carbocycles. The zero-order chi connectivity index (χ0) is 10.6. The summed E-state index contributed by atoms with van der Waals surface area (Å²) in [5.74, 6) is 0.497. The van der Waals surface area contributed by atoms with Crippen molar-refractivity contribution in [1.29, 1.82) is 0 Å². The molecular weight excluding hydrogens is 222 g/mol. The minimum absolute atomic E-state index is 0.0921. The molecule has 0 bridgehead atoms. The average molecular weight is 236 g/mol. The van der Waals surface area contributed by atoms with Crippen molar-refractivity contribution >= 4 is 22.9 Å². The lowest BCUT2D eigenvalue weighted by atomic mass is 10.4. The summed E-state index contributed by atoms with van der Waals surface area (Å²) in [7, 11) is 0. The van der Waals surface area contributed by atoms with Crippen LogP contribution in [0.3, 0.4) is 0 Å². The number of aromatic nitrogens is 1. The van der Waals surface area contributed by atoms with Crippen molar-refractivity contribution in [2.75, 3.05) is 19.1 Å². The Morgan fingerprint density at radius 3 is 2.64 bits per heavy atom. The summed E-state index contributed by atoms with van der Waals surface area (Å²) >= 11 is 6.74. The van der Waals surface area contributed by atoms with Crippen LogP contribution in [-0.2, 0) is 11.3 Å². The molecule has 0 unspecified atom stereocenters. The molecule has 0 aliphatic heterocycles. The number of nitrogens with zero attached hydrogens (tertiary/aromatic N) is 1. The predicted octanol–water partition coefficient (Wildman–Crippen LogP) is 1.78. The van der Waals surface area contributed by atoms with Crippen LogP contribution in [0.2, 0.25) is 0 Å². The molecule has 0 fully saturated rings. The Labute approximate surface area is 92.3 Å². The molecule has 0 N–H and O–H groups in total. The number of alkyl halides is 1. The van der Waals surface area contributed by atoms with Gasteiger partial charge in [0.2, 0.25) is 0 Å². The summed E-state index contributed by atoms with van der Waals surface area (Å²) in [6.07, 6.45) is 0. The van der Waals surface area contributed by atoms with Gasteiger partial charge in [-0.25, -0.2) is 0 Å². The number of rotatable bonds is 5. The highest BCUT2D eigenvalue weighted by Gasteiger charge is 2.06. The second-order valence-corrected chi connectivity index (χ2v) is 4.51. The highest BCUT2D eigenvalue weighted by Crippen LogP contribution is 2.08. The molecule has 0 radical (unpaired) electrons. The van der Waals surface area contributed by atoms with Crippen LogP contribution in [0.4, 0.5) is 0 Å². The molecule has 0 spiro atoms. The Balaban J connectivity index is 2.54. The van der Waals surface area contributed by atoms with E-state index in [4.69, 9.17) is 16.3 Å². The molecule has 1 aromatic heterocycles. The number of aryl methyl sites for hydroxylation is 1. The molecule has 1 aromatic rings. The Morgan fingerprint density at radius 2 is 2.14 bits per heavy atom. The number of thiazole rings is 1. The second-order valence-electron chi connectivity index (χ2n) is 2.96. The number of halogens is 1. The standard InChI is InChI=1S/C9H14ClNO2S/c1-7-8(2)14-9(12)11(7)4-6-13-5-3-10/h3-6H2,1-2H3. The van der Waals surface area contributed by atoms with Gasteiger partial charge in [-0.05, 0) is 13.8 Å². The first-order valence-electron chi connectivity index (χ1n) is 4.47. The SMILES string of the molecule is Cc1sc(=O)n(CCOCCCl)c1C. The summed E-state index contributed by atoms with van der Waals surface area (Å²) in [5, 5.41) is 0. The molecule has 80 valence electrons. The van der Waals surface area contributed by atoms with Crippen molar-refractivity contribution in [2.24, 2.45) is 0 Å². The van der Waals surface area contributed by atoms with Crippen molar-refractivity contribution in [3.05, 3.63) is 20.2 Å². The summed E-state index contributed by atoms with van der Waals surface area (Å²) in [5.41, 5.74) is 1.04. The smallest absolute Gasteiger partial charge is 0.307 e. The Hall–Kier alpha value is -0.320. The number of ether oxygens (including phenoxy) is 1. The zero-order valence-corrected chi connectivity index (χ0v) is 9.95. The van der Waals surface area contributed by atoms with E-state index in [0.717, 1.165) is 10.6 Å². The Kier molecular flexibility index (Phi) is 4.65. The fourth-order valence-electron chi connectivity index (χ4n) is 1.16. The van der Waals surface area contributed by atoms with Gasteiger partial charge in [-0.1, -0.05) is 11.3 Å². The molecule has 0 aliphatic rings. The van der Waals surface area contributed by atoms with E-state index in [2.05, 4.69) is 0 Å². The molecule has 14 heavy (non-hydrogen) atoms. The quantitative estimate of drug-likeness (QED) is 0.576. The monoisotopic (exact) mass is 235 g/mol. The number of hydrogen-bond acceptors (Lipinski definition) is 3. The van der Waals surface area contributed by atoms with Crippen LogP contribution in [0.5, 0.6) is 0 Å². The van der Waals surface area contributed by atoms with Gasteiger partial charge < -0.3 is 9.30 Å². The first kappa shape index (κ1) is 11.8. The fraction of sp³-hybridized carbons (Fsp3) is 0.667. The van der Waals surface area contributed by atoms with E-state index >= 15 is 0 Å². The molecule has 1 rings (SSSR count). The highest BCUT2D eigenvalue weighted by atomic mass is 35.5. The predicted molar refractivity (Wildman–Crippen MR) is 59.6 cm³/mol. The minimum Gasteiger partial charge on any atom is -0.378 e. The number of hydrogen-bond donors (Lipinski definition) is 0. The first-order chi connectivity index (χ1) is 6.66. The van der Waals surface area contributed by atoms with Gasteiger partial charge >= 0.3 is 4.87 Å². The lowest BCUT2D eigenvalue weighted by molar-refractivity contribution is 0.140. The van der Waals surface area contributed by atoms with Crippen molar-refractivity contribution in [2.45, 2.75) is 20.4 Å². The van der Waals surface area contributed by atoms with Crippen LogP contribution >= 0.6 is 22.9 Å². The zero-order valence-electron chi connectivity index (χ0n) is 8.38. The molecule has 1 heterocycles. The summed E-state index contributed by atoms with van der Waals surface area (Å²) in [6, 6.07) is 0. The van der Waals surface area contributed by atoms with E-state index in [1.165, 1.54) is 11.3 Å². The van der Waals surface area contributed by atoms with Crippen molar-refractivity contribution in [3.63, 3.8) is 0 Å².